The lowest BCUT2D eigenvalue weighted by molar-refractivity contribution is -0.141. The van der Waals surface area contributed by atoms with Gasteiger partial charge >= 0.3 is 0 Å². The van der Waals surface area contributed by atoms with Gasteiger partial charge in [-0.25, -0.2) is 0 Å². The first kappa shape index (κ1) is 14.2. The Morgan fingerprint density at radius 3 is 2.62 bits per heavy atom. The average Bonchev–Trinajstić information content (AvgIpc) is 2.70. The highest BCUT2D eigenvalue weighted by Gasteiger charge is 2.61. The van der Waals surface area contributed by atoms with E-state index >= 15 is 0 Å². The van der Waals surface area contributed by atoms with E-state index < -0.39 is 6.10 Å². The molecular weight excluding hydrogens is 260 g/mol. The zero-order valence-corrected chi connectivity index (χ0v) is 13.6. The molecule has 118 valence electrons. The normalized spacial score (nSPS) is 56.5. The highest BCUT2D eigenvalue weighted by Crippen LogP contribution is 2.65. The Kier molecular flexibility index (Phi) is 3.10. The number of ketones is 1. The first-order chi connectivity index (χ1) is 9.97. The first-order valence-corrected chi connectivity index (χ1v) is 9.19. The predicted molar refractivity (Wildman–Crippen MR) is 82.7 cm³/mol. The second-order valence-electron chi connectivity index (χ2n) is 8.97. The summed E-state index contributed by atoms with van der Waals surface area (Å²) in [5.41, 5.74) is 0.317. The van der Waals surface area contributed by atoms with Crippen LogP contribution in [-0.2, 0) is 4.79 Å². The maximum absolute atomic E-state index is 12.4. The quantitative estimate of drug-likeness (QED) is 0.733. The van der Waals surface area contributed by atoms with Gasteiger partial charge in [0.15, 0.2) is 5.78 Å². The molecule has 4 aliphatic rings. The number of aliphatic hydroxyl groups is 1. The molecule has 0 spiro atoms. The third kappa shape index (κ3) is 1.77. The Hall–Kier alpha value is -0.370. The molecule has 2 heteroatoms. The first-order valence-electron chi connectivity index (χ1n) is 9.19. The number of fused-ring (bicyclic) bond motifs is 5. The van der Waals surface area contributed by atoms with E-state index in [1.807, 2.05) is 0 Å². The number of hydrogen-bond donors (Lipinski definition) is 1. The monoisotopic (exact) mass is 290 g/mol. The van der Waals surface area contributed by atoms with Crippen molar-refractivity contribution in [2.24, 2.45) is 34.5 Å². The van der Waals surface area contributed by atoms with Gasteiger partial charge in [-0.3, -0.25) is 4.79 Å². The van der Waals surface area contributed by atoms with Crippen LogP contribution in [0.4, 0.5) is 0 Å². The predicted octanol–water partition coefficient (Wildman–Crippen LogP) is 3.96. The van der Waals surface area contributed by atoms with Crippen molar-refractivity contribution in [3.63, 3.8) is 0 Å². The molecule has 0 unspecified atom stereocenters. The second-order valence-corrected chi connectivity index (χ2v) is 8.97. The molecule has 0 saturated heterocycles. The number of hydrogen-bond acceptors (Lipinski definition) is 2. The van der Waals surface area contributed by atoms with Gasteiger partial charge in [-0.2, -0.15) is 0 Å². The summed E-state index contributed by atoms with van der Waals surface area (Å²) in [5, 5.41) is 10.1. The molecule has 0 aromatic rings. The van der Waals surface area contributed by atoms with Gasteiger partial charge in [0, 0.05) is 5.41 Å². The van der Waals surface area contributed by atoms with Crippen molar-refractivity contribution in [2.75, 3.05) is 0 Å². The molecule has 0 bridgehead atoms. The van der Waals surface area contributed by atoms with Gasteiger partial charge in [-0.15, -0.1) is 0 Å². The van der Waals surface area contributed by atoms with E-state index in [9.17, 15) is 9.90 Å². The van der Waals surface area contributed by atoms with Gasteiger partial charge in [-0.05, 0) is 74.0 Å². The number of carbonyl (C=O) groups is 1. The van der Waals surface area contributed by atoms with Crippen molar-refractivity contribution in [3.05, 3.63) is 0 Å². The molecule has 4 aliphatic carbocycles. The second kappa shape index (κ2) is 4.57. The van der Waals surface area contributed by atoms with Crippen LogP contribution in [0.2, 0.25) is 0 Å². The van der Waals surface area contributed by atoms with Crippen molar-refractivity contribution in [2.45, 2.75) is 77.7 Å². The van der Waals surface area contributed by atoms with Crippen molar-refractivity contribution in [3.8, 4) is 0 Å². The third-order valence-electron chi connectivity index (χ3n) is 8.32. The lowest BCUT2D eigenvalue weighted by atomic mass is 9.45. The van der Waals surface area contributed by atoms with Crippen LogP contribution in [-0.4, -0.2) is 17.0 Å². The zero-order chi connectivity index (χ0) is 14.8. The van der Waals surface area contributed by atoms with Gasteiger partial charge in [0.05, 0.1) is 0 Å². The van der Waals surface area contributed by atoms with E-state index in [0.717, 1.165) is 24.7 Å². The van der Waals surface area contributed by atoms with E-state index in [1.165, 1.54) is 44.9 Å². The summed E-state index contributed by atoms with van der Waals surface area (Å²) in [6.07, 6.45) is 10.7. The molecule has 0 amide bonds. The number of Topliss-reactive ketones (excluding diaryl/α,β-unsaturated/α-hetero) is 1. The molecule has 0 heterocycles. The van der Waals surface area contributed by atoms with Crippen LogP contribution < -0.4 is 0 Å². The van der Waals surface area contributed by atoms with Gasteiger partial charge < -0.3 is 5.11 Å². The zero-order valence-electron chi connectivity index (χ0n) is 13.6. The summed E-state index contributed by atoms with van der Waals surface area (Å²) in [4.78, 5) is 12.4. The summed E-state index contributed by atoms with van der Waals surface area (Å²) >= 11 is 0. The maximum Gasteiger partial charge on any atom is 0.167 e. The van der Waals surface area contributed by atoms with Gasteiger partial charge in [0.25, 0.3) is 0 Å². The molecule has 0 aliphatic heterocycles. The summed E-state index contributed by atoms with van der Waals surface area (Å²) in [6, 6.07) is 0. The van der Waals surface area contributed by atoms with Crippen molar-refractivity contribution < 1.29 is 9.90 Å². The molecule has 4 rings (SSSR count). The Balaban J connectivity index is 1.67. The molecule has 1 N–H and O–H groups in total. The maximum atomic E-state index is 12.4. The number of aliphatic hydroxyl groups excluding tert-OH is 1. The van der Waals surface area contributed by atoms with Gasteiger partial charge in [0.1, 0.15) is 6.10 Å². The van der Waals surface area contributed by atoms with Crippen LogP contribution in [0.1, 0.15) is 71.6 Å². The number of rotatable bonds is 0. The number of carbonyl (C=O) groups excluding carboxylic acids is 1. The Morgan fingerprint density at radius 2 is 1.81 bits per heavy atom. The van der Waals surface area contributed by atoms with Crippen molar-refractivity contribution >= 4 is 5.78 Å². The average molecular weight is 290 g/mol. The van der Waals surface area contributed by atoms with E-state index in [2.05, 4.69) is 13.8 Å². The minimum Gasteiger partial charge on any atom is -0.385 e. The summed E-state index contributed by atoms with van der Waals surface area (Å²) in [5.74, 6) is 3.05. The Morgan fingerprint density at radius 1 is 1.00 bits per heavy atom. The van der Waals surface area contributed by atoms with Crippen LogP contribution in [0.5, 0.6) is 0 Å². The van der Waals surface area contributed by atoms with E-state index in [-0.39, 0.29) is 11.2 Å². The van der Waals surface area contributed by atoms with Crippen molar-refractivity contribution in [1.29, 1.82) is 0 Å². The molecule has 4 saturated carbocycles. The lowest BCUT2D eigenvalue weighted by Crippen LogP contribution is -2.52. The lowest BCUT2D eigenvalue weighted by Gasteiger charge is -2.59. The molecule has 4 fully saturated rings. The van der Waals surface area contributed by atoms with Crippen LogP contribution in [0.3, 0.4) is 0 Å². The molecule has 7 atom stereocenters. The fourth-order valence-electron chi connectivity index (χ4n) is 7.08. The minimum atomic E-state index is -0.671. The SMILES string of the molecule is C[C@]12CCCC[C@@H]1CC[C@@H]1[C@@H]2CC[C@]2(C)C(=O)[C@@H](O)C[C@@H]12. The summed E-state index contributed by atoms with van der Waals surface area (Å²) in [7, 11) is 0. The van der Waals surface area contributed by atoms with Gasteiger partial charge in [-0.1, -0.05) is 26.7 Å². The summed E-state index contributed by atoms with van der Waals surface area (Å²) < 4.78 is 0. The third-order valence-corrected chi connectivity index (χ3v) is 8.32. The minimum absolute atomic E-state index is 0.155. The molecule has 2 nitrogen and oxygen atoms in total. The fourth-order valence-corrected chi connectivity index (χ4v) is 7.08. The standard InChI is InChI=1S/C19H30O2/c1-18-9-4-3-5-12(18)6-7-13-14(18)8-10-19(2)15(13)11-16(20)17(19)21/h12-16,20H,3-11H2,1-2H3/t12-,13-,14+,15+,16+,18+,19+/m1/s1. The molecule has 0 radical (unpaired) electrons. The van der Waals surface area contributed by atoms with Crippen LogP contribution in [0.25, 0.3) is 0 Å². The fraction of sp³-hybridized carbons (Fsp3) is 0.947. The highest BCUT2D eigenvalue weighted by molar-refractivity contribution is 5.91. The molecular formula is C19H30O2. The van der Waals surface area contributed by atoms with Crippen molar-refractivity contribution in [1.82, 2.24) is 0 Å². The van der Waals surface area contributed by atoms with Crippen LogP contribution >= 0.6 is 0 Å². The smallest absolute Gasteiger partial charge is 0.167 e. The van der Waals surface area contributed by atoms with Crippen LogP contribution in [0.15, 0.2) is 0 Å². The topological polar surface area (TPSA) is 37.3 Å². The molecule has 0 aromatic carbocycles. The Bertz CT molecular complexity index is 458. The van der Waals surface area contributed by atoms with Crippen LogP contribution in [0, 0.1) is 34.5 Å². The van der Waals surface area contributed by atoms with Gasteiger partial charge in [0.2, 0.25) is 0 Å². The van der Waals surface area contributed by atoms with E-state index in [0.29, 0.717) is 17.3 Å². The molecule has 21 heavy (non-hydrogen) atoms. The summed E-state index contributed by atoms with van der Waals surface area (Å²) in [6.45, 7) is 4.71. The molecule has 0 aromatic heterocycles. The highest BCUT2D eigenvalue weighted by atomic mass is 16.3. The van der Waals surface area contributed by atoms with E-state index in [4.69, 9.17) is 0 Å². The van der Waals surface area contributed by atoms with E-state index in [1.54, 1.807) is 0 Å². The largest absolute Gasteiger partial charge is 0.385 e. The Labute approximate surface area is 128 Å².